The van der Waals surface area contributed by atoms with Crippen molar-refractivity contribution in [2.45, 2.75) is 70.9 Å². The van der Waals surface area contributed by atoms with E-state index in [0.29, 0.717) is 0 Å². The summed E-state index contributed by atoms with van der Waals surface area (Å²) >= 11 is 0. The number of carbonyl (C=O) groups is 1. The molecule has 0 saturated carbocycles. The highest BCUT2D eigenvalue weighted by Crippen LogP contribution is 2.42. The maximum atomic E-state index is 12.5. The van der Waals surface area contributed by atoms with Gasteiger partial charge in [0.1, 0.15) is 16.8 Å². The largest absolute Gasteiger partial charge is 0.466 e. The van der Waals surface area contributed by atoms with Gasteiger partial charge in [0, 0.05) is 12.0 Å². The first-order chi connectivity index (χ1) is 10.4. The Hall–Kier alpha value is -1.30. The molecular weight excluding hydrogens is 314 g/mol. The summed E-state index contributed by atoms with van der Waals surface area (Å²) in [6, 6.07) is 1.74. The standard InChI is InChI=1S/C17H27NO4S/c1-10(2)23(20,21)12(4)16(19)18-14-8-17(5,6)9-15-13(14)7-11(3)22-15/h7,10,12,14H,8-9H2,1-6H3,(H,18,19)/t12-,14-/m0/s1. The molecule has 130 valence electrons. The van der Waals surface area contributed by atoms with E-state index in [0.717, 1.165) is 29.9 Å². The zero-order chi connectivity index (χ0) is 17.6. The van der Waals surface area contributed by atoms with Crippen molar-refractivity contribution < 1.29 is 17.6 Å². The van der Waals surface area contributed by atoms with Gasteiger partial charge in [0.25, 0.3) is 0 Å². The maximum absolute atomic E-state index is 12.5. The predicted octanol–water partition coefficient (Wildman–Crippen LogP) is 2.93. The van der Waals surface area contributed by atoms with Crippen LogP contribution in [0.25, 0.3) is 0 Å². The third kappa shape index (κ3) is 3.62. The van der Waals surface area contributed by atoms with Gasteiger partial charge in [0.05, 0.1) is 11.3 Å². The first-order valence-corrected chi connectivity index (χ1v) is 9.67. The monoisotopic (exact) mass is 341 g/mol. The molecule has 0 spiro atoms. The van der Waals surface area contributed by atoms with Crippen LogP contribution in [0, 0.1) is 12.3 Å². The Balaban J connectivity index is 2.24. The van der Waals surface area contributed by atoms with Crippen molar-refractivity contribution in [3.63, 3.8) is 0 Å². The van der Waals surface area contributed by atoms with Crippen LogP contribution < -0.4 is 5.32 Å². The number of fused-ring (bicyclic) bond motifs is 1. The summed E-state index contributed by atoms with van der Waals surface area (Å²) in [7, 11) is -3.46. The number of sulfone groups is 1. The Morgan fingerprint density at radius 3 is 2.52 bits per heavy atom. The summed E-state index contributed by atoms with van der Waals surface area (Å²) in [4.78, 5) is 12.5. The summed E-state index contributed by atoms with van der Waals surface area (Å²) in [5.41, 5.74) is 0.972. The molecule has 6 heteroatoms. The van der Waals surface area contributed by atoms with Gasteiger partial charge in [-0.05, 0) is 45.6 Å². The van der Waals surface area contributed by atoms with Crippen molar-refractivity contribution in [3.8, 4) is 0 Å². The van der Waals surface area contributed by atoms with E-state index in [2.05, 4.69) is 19.2 Å². The number of rotatable bonds is 4. The number of hydrogen-bond donors (Lipinski definition) is 1. The molecule has 0 bridgehead atoms. The lowest BCUT2D eigenvalue weighted by atomic mass is 9.74. The zero-order valence-electron chi connectivity index (χ0n) is 14.8. The van der Waals surface area contributed by atoms with Crippen LogP contribution in [0.5, 0.6) is 0 Å². The van der Waals surface area contributed by atoms with Gasteiger partial charge in [0.2, 0.25) is 5.91 Å². The van der Waals surface area contributed by atoms with E-state index in [-0.39, 0.29) is 11.5 Å². The quantitative estimate of drug-likeness (QED) is 0.913. The van der Waals surface area contributed by atoms with Crippen molar-refractivity contribution in [3.05, 3.63) is 23.2 Å². The molecule has 23 heavy (non-hydrogen) atoms. The number of furan rings is 1. The second-order valence-corrected chi connectivity index (χ2v) is 10.4. The van der Waals surface area contributed by atoms with Crippen molar-refractivity contribution in [1.29, 1.82) is 0 Å². The van der Waals surface area contributed by atoms with E-state index >= 15 is 0 Å². The van der Waals surface area contributed by atoms with E-state index in [1.165, 1.54) is 6.92 Å². The first kappa shape index (κ1) is 18.0. The average Bonchev–Trinajstić information content (AvgIpc) is 2.76. The fraction of sp³-hybridized carbons (Fsp3) is 0.706. The molecular formula is C17H27NO4S. The number of carbonyl (C=O) groups excluding carboxylic acids is 1. The molecule has 0 saturated heterocycles. The lowest BCUT2D eigenvalue weighted by Crippen LogP contribution is -2.44. The number of nitrogens with one attached hydrogen (secondary N) is 1. The highest BCUT2D eigenvalue weighted by Gasteiger charge is 2.38. The molecule has 1 aliphatic rings. The third-order valence-electron chi connectivity index (χ3n) is 4.57. The fourth-order valence-corrected chi connectivity index (χ4v) is 4.34. The summed E-state index contributed by atoms with van der Waals surface area (Å²) in [6.45, 7) is 10.8. The van der Waals surface area contributed by atoms with Crippen LogP contribution in [-0.4, -0.2) is 24.8 Å². The second-order valence-electron chi connectivity index (χ2n) is 7.62. The van der Waals surface area contributed by atoms with Crippen LogP contribution in [0.3, 0.4) is 0 Å². The van der Waals surface area contributed by atoms with Gasteiger partial charge in [0.15, 0.2) is 9.84 Å². The molecule has 1 heterocycles. The van der Waals surface area contributed by atoms with E-state index in [4.69, 9.17) is 4.42 Å². The fourth-order valence-electron chi connectivity index (χ4n) is 3.16. The SMILES string of the molecule is Cc1cc2c(o1)CC(C)(C)C[C@@H]2NC(=O)[C@H](C)S(=O)(=O)C(C)C. The Morgan fingerprint density at radius 2 is 1.96 bits per heavy atom. The van der Waals surface area contributed by atoms with Gasteiger partial charge in [-0.1, -0.05) is 13.8 Å². The third-order valence-corrected chi connectivity index (χ3v) is 7.09. The molecule has 0 unspecified atom stereocenters. The highest BCUT2D eigenvalue weighted by atomic mass is 32.2. The Bertz CT molecular complexity index is 700. The molecule has 1 aromatic rings. The van der Waals surface area contributed by atoms with Crippen LogP contribution >= 0.6 is 0 Å². The summed E-state index contributed by atoms with van der Waals surface area (Å²) in [5, 5.41) is 1.30. The zero-order valence-corrected chi connectivity index (χ0v) is 15.6. The van der Waals surface area contributed by atoms with Gasteiger partial charge >= 0.3 is 0 Å². The Labute approximate surface area is 138 Å². The molecule has 2 rings (SSSR count). The van der Waals surface area contributed by atoms with Gasteiger partial charge in [-0.25, -0.2) is 8.42 Å². The van der Waals surface area contributed by atoms with Crippen molar-refractivity contribution in [2.75, 3.05) is 0 Å². The average molecular weight is 341 g/mol. The van der Waals surface area contributed by atoms with Crippen LogP contribution in [0.4, 0.5) is 0 Å². The van der Waals surface area contributed by atoms with E-state index in [9.17, 15) is 13.2 Å². The number of hydrogen-bond acceptors (Lipinski definition) is 4. The topological polar surface area (TPSA) is 76.4 Å². The molecule has 5 nitrogen and oxygen atoms in total. The first-order valence-electron chi connectivity index (χ1n) is 8.06. The molecule has 1 aliphatic carbocycles. The number of amides is 1. The van der Waals surface area contributed by atoms with Gasteiger partial charge < -0.3 is 9.73 Å². The maximum Gasteiger partial charge on any atom is 0.238 e. The van der Waals surface area contributed by atoms with Crippen LogP contribution in [0.1, 0.15) is 64.2 Å². The molecule has 1 amide bonds. The molecule has 0 aromatic carbocycles. The Kier molecular flexibility index (Phi) is 4.68. The molecule has 1 N–H and O–H groups in total. The minimum atomic E-state index is -3.46. The lowest BCUT2D eigenvalue weighted by molar-refractivity contribution is -0.121. The highest BCUT2D eigenvalue weighted by molar-refractivity contribution is 7.93. The summed E-state index contributed by atoms with van der Waals surface area (Å²) < 4.78 is 30.2. The van der Waals surface area contributed by atoms with Gasteiger partial charge in [-0.3, -0.25) is 4.79 Å². The minimum Gasteiger partial charge on any atom is -0.466 e. The van der Waals surface area contributed by atoms with Gasteiger partial charge in [-0.15, -0.1) is 0 Å². The van der Waals surface area contributed by atoms with Crippen molar-refractivity contribution in [2.24, 2.45) is 5.41 Å². The van der Waals surface area contributed by atoms with Crippen molar-refractivity contribution in [1.82, 2.24) is 5.32 Å². The van der Waals surface area contributed by atoms with Crippen LogP contribution in [0.15, 0.2) is 10.5 Å². The second kappa shape index (κ2) is 5.96. The minimum absolute atomic E-state index is 0.00456. The lowest BCUT2D eigenvalue weighted by Gasteiger charge is -2.35. The van der Waals surface area contributed by atoms with E-state index < -0.39 is 26.2 Å². The van der Waals surface area contributed by atoms with E-state index in [1.54, 1.807) is 13.8 Å². The predicted molar refractivity (Wildman–Crippen MR) is 89.9 cm³/mol. The normalized spacial score (nSPS) is 21.8. The summed E-state index contributed by atoms with van der Waals surface area (Å²) in [6.07, 6.45) is 1.58. The van der Waals surface area contributed by atoms with Gasteiger partial charge in [-0.2, -0.15) is 0 Å². The summed E-state index contributed by atoms with van der Waals surface area (Å²) in [5.74, 6) is 1.27. The molecule has 0 radical (unpaired) electrons. The number of aryl methyl sites for hydroxylation is 1. The smallest absolute Gasteiger partial charge is 0.238 e. The van der Waals surface area contributed by atoms with Crippen LogP contribution in [-0.2, 0) is 21.1 Å². The van der Waals surface area contributed by atoms with E-state index in [1.807, 2.05) is 13.0 Å². The van der Waals surface area contributed by atoms with Crippen molar-refractivity contribution >= 4 is 15.7 Å². The molecule has 0 aliphatic heterocycles. The molecule has 0 fully saturated rings. The molecule has 2 atom stereocenters. The van der Waals surface area contributed by atoms with Crippen LogP contribution in [0.2, 0.25) is 0 Å². The molecule has 1 aromatic heterocycles. The Morgan fingerprint density at radius 1 is 1.35 bits per heavy atom.